The summed E-state index contributed by atoms with van der Waals surface area (Å²) in [7, 11) is 1.68. The lowest BCUT2D eigenvalue weighted by Crippen LogP contribution is -3.13. The molecule has 2 atom stereocenters. The van der Waals surface area contributed by atoms with Crippen molar-refractivity contribution in [3.63, 3.8) is 0 Å². The molecule has 2 fully saturated rings. The number of nitrogens with one attached hydrogen (secondary N) is 1. The number of hydrogen-bond acceptors (Lipinski definition) is 3. The van der Waals surface area contributed by atoms with Gasteiger partial charge < -0.3 is 19.1 Å². The van der Waals surface area contributed by atoms with Gasteiger partial charge in [-0.05, 0) is 31.4 Å². The highest BCUT2D eigenvalue weighted by atomic mass is 16.7. The summed E-state index contributed by atoms with van der Waals surface area (Å²) in [6.07, 6.45) is 4.11. The smallest absolute Gasteiger partial charge is 0.184 e. The number of quaternary nitrogens is 1. The molecular formula is C16H24NO3+. The molecule has 2 aliphatic rings. The van der Waals surface area contributed by atoms with Crippen LogP contribution in [0.5, 0.6) is 5.75 Å². The summed E-state index contributed by atoms with van der Waals surface area (Å²) in [6.45, 7) is 4.35. The summed E-state index contributed by atoms with van der Waals surface area (Å²) in [6, 6.07) is 7.93. The summed E-state index contributed by atoms with van der Waals surface area (Å²) in [5.41, 5.74) is 1.07. The molecule has 4 heteroatoms. The van der Waals surface area contributed by atoms with Crippen molar-refractivity contribution in [3.8, 4) is 5.75 Å². The van der Waals surface area contributed by atoms with Crippen molar-refractivity contribution in [1.29, 1.82) is 0 Å². The van der Waals surface area contributed by atoms with Crippen LogP contribution in [0.25, 0.3) is 0 Å². The predicted molar refractivity (Wildman–Crippen MR) is 76.0 cm³/mol. The van der Waals surface area contributed by atoms with E-state index in [0.717, 1.165) is 17.9 Å². The second-order valence-electron chi connectivity index (χ2n) is 5.71. The van der Waals surface area contributed by atoms with Crippen LogP contribution >= 0.6 is 0 Å². The van der Waals surface area contributed by atoms with Crippen LogP contribution in [0.3, 0.4) is 0 Å². The normalized spacial score (nSPS) is 27.6. The topological polar surface area (TPSA) is 32.1 Å². The Bertz CT molecular complexity index is 414. The van der Waals surface area contributed by atoms with Gasteiger partial charge in [0.25, 0.3) is 0 Å². The van der Waals surface area contributed by atoms with Gasteiger partial charge in [0.2, 0.25) is 0 Å². The van der Waals surface area contributed by atoms with Gasteiger partial charge in [-0.2, -0.15) is 0 Å². The number of methoxy groups -OCH3 is 1. The molecule has 0 saturated carbocycles. The zero-order valence-corrected chi connectivity index (χ0v) is 12.1. The lowest BCUT2D eigenvalue weighted by Gasteiger charge is -2.25. The van der Waals surface area contributed by atoms with E-state index in [0.29, 0.717) is 6.61 Å². The largest absolute Gasteiger partial charge is 0.497 e. The predicted octanol–water partition coefficient (Wildman–Crippen LogP) is 1.18. The van der Waals surface area contributed by atoms with Gasteiger partial charge in [0.1, 0.15) is 18.4 Å². The Morgan fingerprint density at radius 3 is 2.60 bits per heavy atom. The molecule has 2 aliphatic heterocycles. The van der Waals surface area contributed by atoms with Crippen LogP contribution in [0.15, 0.2) is 24.3 Å². The van der Waals surface area contributed by atoms with Crippen molar-refractivity contribution < 1.29 is 19.1 Å². The highest BCUT2D eigenvalue weighted by Gasteiger charge is 2.30. The van der Waals surface area contributed by atoms with Gasteiger partial charge in [-0.1, -0.05) is 12.1 Å². The van der Waals surface area contributed by atoms with Gasteiger partial charge in [-0.15, -0.1) is 0 Å². The molecule has 1 N–H and O–H groups in total. The molecule has 2 saturated heterocycles. The molecule has 2 heterocycles. The third-order valence-electron chi connectivity index (χ3n) is 4.21. The van der Waals surface area contributed by atoms with Crippen molar-refractivity contribution >= 4 is 0 Å². The fraction of sp³-hybridized carbons (Fsp3) is 0.625. The molecule has 3 rings (SSSR count). The maximum Gasteiger partial charge on any atom is 0.184 e. The van der Waals surface area contributed by atoms with Crippen molar-refractivity contribution in [2.24, 2.45) is 0 Å². The fourth-order valence-electron chi connectivity index (χ4n) is 3.07. The average molecular weight is 278 g/mol. The Balaban J connectivity index is 1.52. The SMILES string of the molecule is COc1ccc([C@@H]2OC[C@H](C[NH+]3CCCCC3)O2)cc1. The Labute approximate surface area is 120 Å². The van der Waals surface area contributed by atoms with Crippen LogP contribution in [0.4, 0.5) is 0 Å². The minimum absolute atomic E-state index is 0.213. The number of ether oxygens (including phenoxy) is 3. The number of piperidine rings is 1. The van der Waals surface area contributed by atoms with E-state index in [4.69, 9.17) is 14.2 Å². The van der Waals surface area contributed by atoms with Crippen molar-refractivity contribution in [1.82, 2.24) is 0 Å². The van der Waals surface area contributed by atoms with E-state index >= 15 is 0 Å². The Morgan fingerprint density at radius 2 is 1.90 bits per heavy atom. The van der Waals surface area contributed by atoms with E-state index in [-0.39, 0.29) is 12.4 Å². The maximum atomic E-state index is 6.04. The van der Waals surface area contributed by atoms with Crippen LogP contribution in [0, 0.1) is 0 Å². The fourth-order valence-corrected chi connectivity index (χ4v) is 3.07. The van der Waals surface area contributed by atoms with Gasteiger partial charge in [0, 0.05) is 5.56 Å². The molecule has 0 spiro atoms. The molecule has 0 unspecified atom stereocenters. The first-order valence-electron chi connectivity index (χ1n) is 7.60. The molecule has 20 heavy (non-hydrogen) atoms. The van der Waals surface area contributed by atoms with Crippen molar-refractivity contribution in [3.05, 3.63) is 29.8 Å². The minimum atomic E-state index is -0.213. The molecule has 110 valence electrons. The molecule has 4 nitrogen and oxygen atoms in total. The van der Waals surface area contributed by atoms with E-state index in [9.17, 15) is 0 Å². The Morgan fingerprint density at radius 1 is 1.15 bits per heavy atom. The van der Waals surface area contributed by atoms with E-state index in [2.05, 4.69) is 0 Å². The Kier molecular flexibility index (Phi) is 4.55. The highest BCUT2D eigenvalue weighted by molar-refractivity contribution is 5.28. The monoisotopic (exact) mass is 278 g/mol. The average Bonchev–Trinajstić information content (AvgIpc) is 2.97. The van der Waals surface area contributed by atoms with Crippen LogP contribution < -0.4 is 9.64 Å². The third kappa shape index (κ3) is 3.32. The molecular weight excluding hydrogens is 254 g/mol. The zero-order valence-electron chi connectivity index (χ0n) is 12.1. The summed E-state index contributed by atoms with van der Waals surface area (Å²) in [4.78, 5) is 1.67. The molecule has 0 amide bonds. The maximum absolute atomic E-state index is 6.04. The molecule has 0 bridgehead atoms. The summed E-state index contributed by atoms with van der Waals surface area (Å²) in [5.74, 6) is 0.862. The molecule has 1 aromatic rings. The third-order valence-corrected chi connectivity index (χ3v) is 4.21. The second-order valence-corrected chi connectivity index (χ2v) is 5.71. The highest BCUT2D eigenvalue weighted by Crippen LogP contribution is 2.27. The van der Waals surface area contributed by atoms with Crippen molar-refractivity contribution in [2.45, 2.75) is 31.7 Å². The van der Waals surface area contributed by atoms with E-state index in [1.807, 2.05) is 24.3 Å². The molecule has 0 aliphatic carbocycles. The lowest BCUT2D eigenvalue weighted by atomic mass is 10.1. The van der Waals surface area contributed by atoms with Crippen LogP contribution in [-0.2, 0) is 9.47 Å². The van der Waals surface area contributed by atoms with E-state index in [1.165, 1.54) is 32.4 Å². The van der Waals surface area contributed by atoms with Crippen LogP contribution in [-0.4, -0.2) is 39.5 Å². The first kappa shape index (κ1) is 13.9. The van der Waals surface area contributed by atoms with Crippen molar-refractivity contribution in [2.75, 3.05) is 33.4 Å². The number of hydrogen-bond donors (Lipinski definition) is 1. The van der Waals surface area contributed by atoms with Gasteiger partial charge in [0.15, 0.2) is 6.29 Å². The van der Waals surface area contributed by atoms with Gasteiger partial charge in [0.05, 0.1) is 26.8 Å². The first-order valence-corrected chi connectivity index (χ1v) is 7.60. The van der Waals surface area contributed by atoms with E-state index in [1.54, 1.807) is 12.0 Å². The van der Waals surface area contributed by atoms with Gasteiger partial charge >= 0.3 is 0 Å². The first-order chi connectivity index (χ1) is 9.85. The van der Waals surface area contributed by atoms with Crippen LogP contribution in [0.2, 0.25) is 0 Å². The van der Waals surface area contributed by atoms with Crippen LogP contribution in [0.1, 0.15) is 31.1 Å². The lowest BCUT2D eigenvalue weighted by molar-refractivity contribution is -0.907. The number of rotatable bonds is 4. The molecule has 0 radical (unpaired) electrons. The van der Waals surface area contributed by atoms with Gasteiger partial charge in [-0.3, -0.25) is 0 Å². The zero-order chi connectivity index (χ0) is 13.8. The Hall–Kier alpha value is -1.10. The standard InChI is InChI=1S/C16H23NO3/c1-18-14-7-5-13(6-8-14)16-19-12-15(20-16)11-17-9-3-2-4-10-17/h5-8,15-16H,2-4,9-12H2,1H3/p+1/t15-,16+/m0/s1. The quantitative estimate of drug-likeness (QED) is 0.897. The molecule has 0 aromatic heterocycles. The molecule has 1 aromatic carbocycles. The summed E-state index contributed by atoms with van der Waals surface area (Å²) >= 11 is 0. The number of likely N-dealkylation sites (tertiary alicyclic amines) is 1. The minimum Gasteiger partial charge on any atom is -0.497 e. The number of benzene rings is 1. The van der Waals surface area contributed by atoms with E-state index < -0.39 is 0 Å². The second kappa shape index (κ2) is 6.57. The van der Waals surface area contributed by atoms with Gasteiger partial charge in [-0.25, -0.2) is 0 Å². The summed E-state index contributed by atoms with van der Waals surface area (Å²) < 4.78 is 17.0. The summed E-state index contributed by atoms with van der Waals surface area (Å²) in [5, 5.41) is 0.